The molecule has 6 nitrogen and oxygen atoms in total. The van der Waals surface area contributed by atoms with E-state index in [0.29, 0.717) is 0 Å². The molecule has 1 N–H and O–H groups in total. The third kappa shape index (κ3) is 2.60. The maximum Gasteiger partial charge on any atom is 0.356 e. The number of hydrogen-bond donors (Lipinski definition) is 1. The van der Waals surface area contributed by atoms with Crippen molar-refractivity contribution < 1.29 is 9.90 Å². The monoisotopic (exact) mass is 245 g/mol. The number of rotatable bonds is 3. The van der Waals surface area contributed by atoms with E-state index in [0.717, 1.165) is 15.8 Å². The van der Waals surface area contributed by atoms with Gasteiger partial charge in [-0.3, -0.25) is 9.78 Å². The fourth-order valence-electron chi connectivity index (χ4n) is 1.55. The number of aromatic nitrogens is 3. The van der Waals surface area contributed by atoms with Gasteiger partial charge in [-0.1, -0.05) is 6.07 Å². The van der Waals surface area contributed by atoms with Crippen LogP contribution in [0.4, 0.5) is 0 Å². The first kappa shape index (κ1) is 12.0. The zero-order valence-corrected chi connectivity index (χ0v) is 9.70. The Morgan fingerprint density at radius 1 is 1.39 bits per heavy atom. The molecule has 0 aliphatic heterocycles. The van der Waals surface area contributed by atoms with Crippen molar-refractivity contribution in [1.29, 1.82) is 0 Å². The molecule has 0 aromatic carbocycles. The average Bonchev–Trinajstić information content (AvgIpc) is 2.31. The lowest BCUT2D eigenvalue weighted by molar-refractivity contribution is 0.0687. The highest BCUT2D eigenvalue weighted by Gasteiger charge is 2.07. The number of aryl methyl sites for hydroxylation is 1. The summed E-state index contributed by atoms with van der Waals surface area (Å²) in [6.45, 7) is 2.09. The molecule has 0 fully saturated rings. The number of pyridine rings is 1. The highest BCUT2D eigenvalue weighted by molar-refractivity contribution is 5.84. The van der Waals surface area contributed by atoms with Crippen LogP contribution in [0.25, 0.3) is 0 Å². The number of hydrogen-bond acceptors (Lipinski definition) is 4. The predicted molar refractivity (Wildman–Crippen MR) is 63.5 cm³/mol. The van der Waals surface area contributed by atoms with Gasteiger partial charge < -0.3 is 5.11 Å². The van der Waals surface area contributed by atoms with Gasteiger partial charge in [-0.05, 0) is 24.1 Å². The van der Waals surface area contributed by atoms with E-state index in [1.807, 2.05) is 13.0 Å². The highest BCUT2D eigenvalue weighted by Crippen LogP contribution is 2.02. The smallest absolute Gasteiger partial charge is 0.356 e. The van der Waals surface area contributed by atoms with Gasteiger partial charge in [-0.15, -0.1) is 0 Å². The minimum absolute atomic E-state index is 0.157. The van der Waals surface area contributed by atoms with E-state index in [9.17, 15) is 9.59 Å². The molecule has 18 heavy (non-hydrogen) atoms. The fourth-order valence-corrected chi connectivity index (χ4v) is 1.55. The van der Waals surface area contributed by atoms with Crippen LogP contribution >= 0.6 is 0 Å². The summed E-state index contributed by atoms with van der Waals surface area (Å²) >= 11 is 0. The first-order valence-corrected chi connectivity index (χ1v) is 5.28. The van der Waals surface area contributed by atoms with E-state index in [-0.39, 0.29) is 17.8 Å². The molecule has 0 unspecified atom stereocenters. The van der Waals surface area contributed by atoms with E-state index in [2.05, 4.69) is 10.1 Å². The molecule has 6 heteroatoms. The number of carboxylic acids is 1. The van der Waals surface area contributed by atoms with Crippen molar-refractivity contribution in [3.63, 3.8) is 0 Å². The van der Waals surface area contributed by atoms with Crippen molar-refractivity contribution >= 4 is 5.97 Å². The van der Waals surface area contributed by atoms with Gasteiger partial charge in [0.15, 0.2) is 5.69 Å². The van der Waals surface area contributed by atoms with Gasteiger partial charge in [0.05, 0.1) is 6.54 Å². The quantitative estimate of drug-likeness (QED) is 0.860. The van der Waals surface area contributed by atoms with Crippen molar-refractivity contribution in [1.82, 2.24) is 14.8 Å². The fraction of sp³-hybridized carbons (Fsp3) is 0.167. The minimum Gasteiger partial charge on any atom is -0.476 e. The van der Waals surface area contributed by atoms with Crippen LogP contribution in [0.1, 0.15) is 21.6 Å². The van der Waals surface area contributed by atoms with Gasteiger partial charge in [0, 0.05) is 18.5 Å². The molecule has 0 saturated heterocycles. The Morgan fingerprint density at radius 2 is 2.17 bits per heavy atom. The minimum atomic E-state index is -1.16. The molecule has 0 bridgehead atoms. The lowest BCUT2D eigenvalue weighted by Gasteiger charge is -2.05. The van der Waals surface area contributed by atoms with Crippen LogP contribution < -0.4 is 5.56 Å². The summed E-state index contributed by atoms with van der Waals surface area (Å²) in [6.07, 6.45) is 3.32. The van der Waals surface area contributed by atoms with Gasteiger partial charge in [-0.2, -0.15) is 5.10 Å². The Labute approximate surface area is 103 Å². The molecule has 92 valence electrons. The summed E-state index contributed by atoms with van der Waals surface area (Å²) in [4.78, 5) is 26.4. The van der Waals surface area contributed by atoms with Crippen LogP contribution in [0.2, 0.25) is 0 Å². The van der Waals surface area contributed by atoms with Crippen molar-refractivity contribution in [2.45, 2.75) is 13.5 Å². The van der Waals surface area contributed by atoms with Crippen molar-refractivity contribution in [3.8, 4) is 0 Å². The maximum absolute atomic E-state index is 11.6. The molecule has 0 saturated carbocycles. The molecule has 0 spiro atoms. The van der Waals surface area contributed by atoms with Crippen molar-refractivity contribution in [3.05, 3.63) is 57.8 Å². The number of carboxylic acid groups (broad SMARTS) is 1. The molecule has 0 atom stereocenters. The Kier molecular flexibility index (Phi) is 3.18. The third-order valence-electron chi connectivity index (χ3n) is 2.35. The van der Waals surface area contributed by atoms with Crippen LogP contribution in [-0.4, -0.2) is 25.8 Å². The second-order valence-corrected chi connectivity index (χ2v) is 3.89. The molecule has 0 aliphatic rings. The van der Waals surface area contributed by atoms with Crippen LogP contribution in [0.15, 0.2) is 35.4 Å². The topological polar surface area (TPSA) is 85.1 Å². The lowest BCUT2D eigenvalue weighted by Crippen LogP contribution is -2.24. The average molecular weight is 245 g/mol. The highest BCUT2D eigenvalue weighted by atomic mass is 16.4. The van der Waals surface area contributed by atoms with Crippen molar-refractivity contribution in [2.24, 2.45) is 0 Å². The SMILES string of the molecule is Cc1cncc(Cn2nc(C(=O)O)ccc2=O)c1. The Hall–Kier alpha value is -2.50. The van der Waals surface area contributed by atoms with Crippen LogP contribution in [-0.2, 0) is 6.54 Å². The molecule has 0 amide bonds. The molecular weight excluding hydrogens is 234 g/mol. The molecular formula is C12H11N3O3. The van der Waals surface area contributed by atoms with Crippen molar-refractivity contribution in [2.75, 3.05) is 0 Å². The Balaban J connectivity index is 2.37. The molecule has 2 aromatic rings. The molecule has 0 aliphatic carbocycles. The summed E-state index contributed by atoms with van der Waals surface area (Å²) in [7, 11) is 0. The predicted octanol–water partition coefficient (Wildman–Crippen LogP) is 0.693. The molecule has 2 rings (SSSR count). The zero-order valence-electron chi connectivity index (χ0n) is 9.70. The van der Waals surface area contributed by atoms with E-state index >= 15 is 0 Å². The van der Waals surface area contributed by atoms with Crippen LogP contribution in [0.3, 0.4) is 0 Å². The van der Waals surface area contributed by atoms with Gasteiger partial charge in [0.1, 0.15) is 0 Å². The first-order chi connectivity index (χ1) is 8.56. The number of carbonyl (C=O) groups is 1. The Bertz CT molecular complexity index is 649. The normalized spacial score (nSPS) is 10.3. The van der Waals surface area contributed by atoms with E-state index in [1.54, 1.807) is 12.4 Å². The van der Waals surface area contributed by atoms with Crippen LogP contribution in [0.5, 0.6) is 0 Å². The molecule has 2 heterocycles. The van der Waals surface area contributed by atoms with Crippen LogP contribution in [0, 0.1) is 6.92 Å². The standard InChI is InChI=1S/C12H11N3O3/c1-8-4-9(6-13-5-8)7-15-11(16)3-2-10(14-15)12(17)18/h2-6H,7H2,1H3,(H,17,18). The summed E-state index contributed by atoms with van der Waals surface area (Å²) in [6, 6.07) is 4.25. The summed E-state index contributed by atoms with van der Waals surface area (Å²) < 4.78 is 1.11. The third-order valence-corrected chi connectivity index (χ3v) is 2.35. The van der Waals surface area contributed by atoms with Gasteiger partial charge in [0.2, 0.25) is 0 Å². The zero-order chi connectivity index (χ0) is 13.1. The molecule has 2 aromatic heterocycles. The largest absolute Gasteiger partial charge is 0.476 e. The number of aromatic carboxylic acids is 1. The van der Waals surface area contributed by atoms with Gasteiger partial charge in [0.25, 0.3) is 5.56 Å². The first-order valence-electron chi connectivity index (χ1n) is 5.28. The second-order valence-electron chi connectivity index (χ2n) is 3.89. The number of nitrogens with zero attached hydrogens (tertiary/aromatic N) is 3. The van der Waals surface area contributed by atoms with Gasteiger partial charge >= 0.3 is 5.97 Å². The van der Waals surface area contributed by atoms with E-state index in [1.165, 1.54) is 12.1 Å². The maximum atomic E-state index is 11.6. The summed E-state index contributed by atoms with van der Waals surface area (Å²) in [5, 5.41) is 12.6. The lowest BCUT2D eigenvalue weighted by atomic mass is 10.2. The van der Waals surface area contributed by atoms with Gasteiger partial charge in [-0.25, -0.2) is 9.48 Å². The molecule has 0 radical (unpaired) electrons. The second kappa shape index (κ2) is 4.79. The summed E-state index contributed by atoms with van der Waals surface area (Å²) in [5.41, 5.74) is 1.26. The van der Waals surface area contributed by atoms with E-state index in [4.69, 9.17) is 5.11 Å². The van der Waals surface area contributed by atoms with E-state index < -0.39 is 5.97 Å². The summed E-state index contributed by atoms with van der Waals surface area (Å²) in [5.74, 6) is -1.16. The Morgan fingerprint density at radius 3 is 2.83 bits per heavy atom.